The predicted molar refractivity (Wildman–Crippen MR) is 143 cm³/mol. The number of likely N-dealkylation sites (N-methyl/N-ethyl adjacent to an activating group) is 1. The summed E-state index contributed by atoms with van der Waals surface area (Å²) in [5.41, 5.74) is 6.77. The number of aryl methyl sites for hydroxylation is 1. The largest absolute Gasteiger partial charge is 0.369 e. The van der Waals surface area contributed by atoms with Gasteiger partial charge in [0.05, 0.1) is 5.69 Å². The molecule has 7 nitrogen and oxygen atoms in total. The van der Waals surface area contributed by atoms with Gasteiger partial charge in [0, 0.05) is 50.0 Å². The van der Waals surface area contributed by atoms with Crippen molar-refractivity contribution >= 4 is 5.69 Å². The van der Waals surface area contributed by atoms with Gasteiger partial charge in [-0.2, -0.15) is 4.98 Å². The van der Waals surface area contributed by atoms with Crippen molar-refractivity contribution < 1.29 is 4.52 Å². The van der Waals surface area contributed by atoms with Gasteiger partial charge in [0.15, 0.2) is 0 Å². The second-order valence-electron chi connectivity index (χ2n) is 10.7. The summed E-state index contributed by atoms with van der Waals surface area (Å²) in [6.45, 7) is 12.9. The molecule has 36 heavy (non-hydrogen) atoms. The molecule has 1 aliphatic rings. The molecule has 0 N–H and O–H groups in total. The average Bonchev–Trinajstić information content (AvgIpc) is 3.36. The molecule has 2 aromatic heterocycles. The number of hydrogen-bond acceptors (Lipinski definition) is 7. The van der Waals surface area contributed by atoms with E-state index in [1.54, 1.807) is 0 Å². The molecule has 0 aliphatic carbocycles. The van der Waals surface area contributed by atoms with E-state index < -0.39 is 0 Å². The third-order valence-corrected chi connectivity index (χ3v) is 6.85. The smallest absolute Gasteiger partial charge is 0.296 e. The lowest BCUT2D eigenvalue weighted by atomic mass is 9.87. The Morgan fingerprint density at radius 1 is 0.917 bits per heavy atom. The van der Waals surface area contributed by atoms with E-state index in [-0.39, 0.29) is 5.41 Å². The highest BCUT2D eigenvalue weighted by Gasteiger charge is 2.18. The first-order valence-corrected chi connectivity index (χ1v) is 12.6. The molecule has 4 aromatic rings. The molecule has 0 spiro atoms. The van der Waals surface area contributed by atoms with Crippen LogP contribution in [0.15, 0.2) is 59.3 Å². The van der Waals surface area contributed by atoms with Crippen molar-refractivity contribution in [2.75, 3.05) is 38.1 Å². The number of anilines is 1. The Morgan fingerprint density at radius 3 is 2.39 bits per heavy atom. The fraction of sp³-hybridized carbons (Fsp3) is 0.379. The Labute approximate surface area is 213 Å². The highest BCUT2D eigenvalue weighted by molar-refractivity contribution is 5.58. The number of hydrogen-bond donors (Lipinski definition) is 0. The van der Waals surface area contributed by atoms with Crippen molar-refractivity contribution in [2.45, 2.75) is 39.5 Å². The minimum absolute atomic E-state index is 0.0943. The summed E-state index contributed by atoms with van der Waals surface area (Å²) in [5.74, 6) is 1.32. The van der Waals surface area contributed by atoms with Crippen LogP contribution < -0.4 is 4.90 Å². The fourth-order valence-electron chi connectivity index (χ4n) is 4.43. The molecule has 0 unspecified atom stereocenters. The number of aromatic nitrogens is 4. The van der Waals surface area contributed by atoms with Gasteiger partial charge in [0.1, 0.15) is 0 Å². The second kappa shape index (κ2) is 9.82. The summed E-state index contributed by atoms with van der Waals surface area (Å²) >= 11 is 0. The number of rotatable bonds is 5. The van der Waals surface area contributed by atoms with E-state index in [0.29, 0.717) is 17.5 Å². The van der Waals surface area contributed by atoms with Crippen LogP contribution in [0.2, 0.25) is 0 Å². The van der Waals surface area contributed by atoms with Crippen LogP contribution in [0.4, 0.5) is 5.69 Å². The summed E-state index contributed by atoms with van der Waals surface area (Å²) in [6, 6.07) is 17.1. The van der Waals surface area contributed by atoms with E-state index in [0.717, 1.165) is 49.4 Å². The first kappa shape index (κ1) is 24.1. The van der Waals surface area contributed by atoms with Gasteiger partial charge in [0.2, 0.25) is 11.6 Å². The summed E-state index contributed by atoms with van der Waals surface area (Å²) in [4.78, 5) is 18.7. The van der Waals surface area contributed by atoms with Gasteiger partial charge in [-0.1, -0.05) is 62.3 Å². The van der Waals surface area contributed by atoms with E-state index in [4.69, 9.17) is 9.51 Å². The van der Waals surface area contributed by atoms with Crippen LogP contribution in [-0.4, -0.2) is 58.2 Å². The van der Waals surface area contributed by atoms with Crippen LogP contribution in [0, 0.1) is 6.92 Å². The Kier molecular flexibility index (Phi) is 6.58. The number of benzene rings is 2. The van der Waals surface area contributed by atoms with Crippen molar-refractivity contribution in [3.63, 3.8) is 0 Å². The molecular weight excluding hydrogens is 448 g/mol. The molecule has 2 aromatic carbocycles. The van der Waals surface area contributed by atoms with E-state index in [9.17, 15) is 0 Å². The predicted octanol–water partition coefficient (Wildman–Crippen LogP) is 5.14. The molecule has 1 saturated heterocycles. The molecule has 0 bridgehead atoms. The van der Waals surface area contributed by atoms with Crippen molar-refractivity contribution in [3.8, 4) is 23.1 Å². The molecule has 0 amide bonds. The van der Waals surface area contributed by atoms with E-state index >= 15 is 0 Å². The summed E-state index contributed by atoms with van der Waals surface area (Å²) in [7, 11) is 2.18. The van der Waals surface area contributed by atoms with E-state index in [1.807, 2.05) is 25.3 Å². The van der Waals surface area contributed by atoms with Crippen LogP contribution in [0.3, 0.4) is 0 Å². The van der Waals surface area contributed by atoms with Crippen LogP contribution in [0.5, 0.6) is 0 Å². The topological polar surface area (TPSA) is 71.2 Å². The molecule has 3 heterocycles. The maximum Gasteiger partial charge on any atom is 0.296 e. The van der Waals surface area contributed by atoms with Crippen molar-refractivity contribution in [3.05, 3.63) is 77.1 Å². The maximum atomic E-state index is 5.56. The average molecular weight is 483 g/mol. The van der Waals surface area contributed by atoms with Crippen LogP contribution in [0.25, 0.3) is 23.1 Å². The maximum absolute atomic E-state index is 5.56. The Balaban J connectivity index is 1.35. The molecule has 0 radical (unpaired) electrons. The minimum Gasteiger partial charge on any atom is -0.369 e. The number of nitrogens with zero attached hydrogens (tertiary/aromatic N) is 6. The molecule has 5 rings (SSSR count). The molecule has 0 saturated carbocycles. The normalized spacial score (nSPS) is 14.9. The van der Waals surface area contributed by atoms with Gasteiger partial charge in [-0.15, -0.1) is 0 Å². The SMILES string of the molecule is Cc1cnc(-c2nc(-c3ccc(C(C)(C)C)cc3)no2)nc1Cc1cccc(N2CCN(C)CC2)c1. The van der Waals surface area contributed by atoms with Gasteiger partial charge in [-0.3, -0.25) is 0 Å². The van der Waals surface area contributed by atoms with Gasteiger partial charge in [-0.05, 0) is 48.2 Å². The Hall–Kier alpha value is -3.58. The molecule has 0 atom stereocenters. The first-order chi connectivity index (χ1) is 17.3. The Morgan fingerprint density at radius 2 is 1.67 bits per heavy atom. The van der Waals surface area contributed by atoms with Crippen molar-refractivity contribution in [2.24, 2.45) is 0 Å². The van der Waals surface area contributed by atoms with E-state index in [2.05, 4.69) is 89.1 Å². The molecule has 1 fully saturated rings. The van der Waals surface area contributed by atoms with Crippen molar-refractivity contribution in [1.82, 2.24) is 25.0 Å². The lowest BCUT2D eigenvalue weighted by Crippen LogP contribution is -2.44. The van der Waals surface area contributed by atoms with Crippen LogP contribution in [-0.2, 0) is 11.8 Å². The van der Waals surface area contributed by atoms with Crippen LogP contribution >= 0.6 is 0 Å². The summed E-state index contributed by atoms with van der Waals surface area (Å²) in [6.07, 6.45) is 2.56. The number of piperazine rings is 1. The van der Waals surface area contributed by atoms with Gasteiger partial charge in [-0.25, -0.2) is 9.97 Å². The Bertz CT molecular complexity index is 1330. The van der Waals surface area contributed by atoms with E-state index in [1.165, 1.54) is 16.8 Å². The van der Waals surface area contributed by atoms with Gasteiger partial charge in [0.25, 0.3) is 5.89 Å². The zero-order valence-electron chi connectivity index (χ0n) is 21.8. The van der Waals surface area contributed by atoms with Crippen molar-refractivity contribution in [1.29, 1.82) is 0 Å². The molecular formula is C29H34N6O. The molecule has 186 valence electrons. The lowest BCUT2D eigenvalue weighted by Gasteiger charge is -2.34. The standard InChI is InChI=1S/C29H34N6O/c1-20-19-30-27(28-32-26(33-36-28)22-9-11-23(12-10-22)29(2,3)4)31-25(20)18-21-7-6-8-24(17-21)35-15-13-34(5)14-16-35/h6-12,17,19H,13-16,18H2,1-5H3. The second-order valence-corrected chi connectivity index (χ2v) is 10.7. The zero-order valence-corrected chi connectivity index (χ0v) is 21.8. The van der Waals surface area contributed by atoms with Gasteiger partial charge >= 0.3 is 0 Å². The quantitative estimate of drug-likeness (QED) is 0.390. The lowest BCUT2D eigenvalue weighted by molar-refractivity contribution is 0.313. The third-order valence-electron chi connectivity index (χ3n) is 6.85. The summed E-state index contributed by atoms with van der Waals surface area (Å²) < 4.78 is 5.56. The monoisotopic (exact) mass is 482 g/mol. The molecule has 7 heteroatoms. The zero-order chi connectivity index (χ0) is 25.3. The molecule has 1 aliphatic heterocycles. The fourth-order valence-corrected chi connectivity index (χ4v) is 4.43. The van der Waals surface area contributed by atoms with Gasteiger partial charge < -0.3 is 14.3 Å². The first-order valence-electron chi connectivity index (χ1n) is 12.6. The minimum atomic E-state index is 0.0943. The third kappa shape index (κ3) is 5.31. The van der Waals surface area contributed by atoms with Crippen LogP contribution in [0.1, 0.15) is 43.2 Å². The summed E-state index contributed by atoms with van der Waals surface area (Å²) in [5, 5.41) is 4.18. The highest BCUT2D eigenvalue weighted by Crippen LogP contribution is 2.26. The highest BCUT2D eigenvalue weighted by atomic mass is 16.5.